The molecule has 5 heteroatoms. The lowest BCUT2D eigenvalue weighted by atomic mass is 10.1. The molecule has 0 spiro atoms. The van der Waals surface area contributed by atoms with E-state index in [-0.39, 0.29) is 6.10 Å². The van der Waals surface area contributed by atoms with E-state index in [0.29, 0.717) is 12.0 Å². The molecule has 118 valence electrons. The van der Waals surface area contributed by atoms with Crippen LogP contribution in [0.5, 0.6) is 0 Å². The van der Waals surface area contributed by atoms with E-state index in [1.165, 1.54) is 0 Å². The Bertz CT molecular complexity index is 421. The van der Waals surface area contributed by atoms with Gasteiger partial charge in [0, 0.05) is 31.0 Å². The summed E-state index contributed by atoms with van der Waals surface area (Å²) in [5.74, 6) is 1.48. The molecule has 2 atom stereocenters. The Kier molecular flexibility index (Phi) is 5.94. The Labute approximate surface area is 128 Å². The van der Waals surface area contributed by atoms with Gasteiger partial charge in [0.15, 0.2) is 0 Å². The molecule has 0 bridgehead atoms. The molecule has 0 amide bonds. The molecule has 0 saturated carbocycles. The van der Waals surface area contributed by atoms with Crippen LogP contribution in [0.25, 0.3) is 0 Å². The van der Waals surface area contributed by atoms with E-state index in [1.807, 2.05) is 12.4 Å². The third kappa shape index (κ3) is 4.64. The Hall–Kier alpha value is -1.20. The van der Waals surface area contributed by atoms with Crippen molar-refractivity contribution in [3.05, 3.63) is 18.0 Å². The van der Waals surface area contributed by atoms with Gasteiger partial charge in [-0.15, -0.1) is 0 Å². The first kappa shape index (κ1) is 16.2. The number of anilines is 1. The predicted molar refractivity (Wildman–Crippen MR) is 85.4 cm³/mol. The summed E-state index contributed by atoms with van der Waals surface area (Å²) in [5, 5.41) is 3.41. The van der Waals surface area contributed by atoms with Crippen LogP contribution < -0.4 is 10.2 Å². The monoisotopic (exact) mass is 292 g/mol. The quantitative estimate of drug-likeness (QED) is 0.871. The van der Waals surface area contributed by atoms with Gasteiger partial charge >= 0.3 is 0 Å². The van der Waals surface area contributed by atoms with Gasteiger partial charge in [-0.2, -0.15) is 0 Å². The molecule has 21 heavy (non-hydrogen) atoms. The van der Waals surface area contributed by atoms with Crippen molar-refractivity contribution in [2.75, 3.05) is 24.6 Å². The topological polar surface area (TPSA) is 50.3 Å². The molecule has 0 radical (unpaired) electrons. The summed E-state index contributed by atoms with van der Waals surface area (Å²) in [5.41, 5.74) is 1.13. The van der Waals surface area contributed by atoms with Gasteiger partial charge in [-0.1, -0.05) is 20.8 Å². The van der Waals surface area contributed by atoms with Crippen molar-refractivity contribution in [1.82, 2.24) is 15.3 Å². The normalized spacial score (nSPS) is 22.8. The lowest BCUT2D eigenvalue weighted by Gasteiger charge is -2.38. The van der Waals surface area contributed by atoms with Crippen LogP contribution in [0.1, 0.15) is 39.7 Å². The van der Waals surface area contributed by atoms with Crippen LogP contribution >= 0.6 is 0 Å². The maximum atomic E-state index is 5.73. The average Bonchev–Trinajstić information content (AvgIpc) is 2.47. The van der Waals surface area contributed by atoms with Crippen LogP contribution in [0.15, 0.2) is 12.4 Å². The van der Waals surface area contributed by atoms with Crippen LogP contribution in [-0.4, -0.2) is 41.8 Å². The van der Waals surface area contributed by atoms with Crippen LogP contribution in [0.3, 0.4) is 0 Å². The van der Waals surface area contributed by atoms with E-state index in [2.05, 4.69) is 47.9 Å². The molecule has 2 rings (SSSR count). The van der Waals surface area contributed by atoms with E-state index in [9.17, 15) is 0 Å². The van der Waals surface area contributed by atoms with Crippen molar-refractivity contribution in [2.45, 2.75) is 52.8 Å². The number of nitrogens with one attached hydrogen (secondary N) is 1. The molecule has 1 aromatic heterocycles. The summed E-state index contributed by atoms with van der Waals surface area (Å²) in [6.07, 6.45) is 5.16. The van der Waals surface area contributed by atoms with Gasteiger partial charge in [-0.3, -0.25) is 0 Å². The Balaban J connectivity index is 1.96. The minimum absolute atomic E-state index is 0.240. The molecule has 1 aliphatic rings. The second-order valence-electron chi connectivity index (χ2n) is 6.27. The van der Waals surface area contributed by atoms with E-state index < -0.39 is 0 Å². The third-order valence-electron chi connectivity index (χ3n) is 3.77. The van der Waals surface area contributed by atoms with Crippen LogP contribution in [0.4, 0.5) is 5.95 Å². The predicted octanol–water partition coefficient (Wildman–Crippen LogP) is 2.23. The van der Waals surface area contributed by atoms with Crippen molar-refractivity contribution < 1.29 is 4.74 Å². The van der Waals surface area contributed by atoms with Crippen LogP contribution in [-0.2, 0) is 11.3 Å². The average molecular weight is 292 g/mol. The first-order chi connectivity index (χ1) is 10.1. The van der Waals surface area contributed by atoms with Crippen molar-refractivity contribution in [3.63, 3.8) is 0 Å². The second kappa shape index (κ2) is 7.71. The van der Waals surface area contributed by atoms with Gasteiger partial charge in [0.1, 0.15) is 0 Å². The Morgan fingerprint density at radius 2 is 2.10 bits per heavy atom. The number of hydrogen-bond donors (Lipinski definition) is 1. The number of aromatic nitrogens is 2. The van der Waals surface area contributed by atoms with E-state index in [4.69, 9.17) is 4.74 Å². The smallest absolute Gasteiger partial charge is 0.225 e. The molecule has 2 heterocycles. The summed E-state index contributed by atoms with van der Waals surface area (Å²) in [4.78, 5) is 11.4. The SMILES string of the molecule is CCC1COC(C)CN1c1ncc(CNCC(C)C)cn1. The second-order valence-corrected chi connectivity index (χ2v) is 6.27. The zero-order valence-electron chi connectivity index (χ0n) is 13.7. The van der Waals surface area contributed by atoms with E-state index in [1.54, 1.807) is 0 Å². The standard InChI is InChI=1S/C16H28N4O/c1-5-15-11-21-13(4)10-20(15)16-18-8-14(9-19-16)7-17-6-12(2)3/h8-9,12-13,15,17H,5-7,10-11H2,1-4H3. The third-order valence-corrected chi connectivity index (χ3v) is 3.77. The number of rotatable bonds is 6. The zero-order chi connectivity index (χ0) is 15.2. The lowest BCUT2D eigenvalue weighted by molar-refractivity contribution is 0.0292. The van der Waals surface area contributed by atoms with Gasteiger partial charge in [-0.05, 0) is 25.8 Å². The highest BCUT2D eigenvalue weighted by Crippen LogP contribution is 2.19. The number of nitrogens with zero attached hydrogens (tertiary/aromatic N) is 3. The number of hydrogen-bond acceptors (Lipinski definition) is 5. The molecule has 0 aliphatic carbocycles. The summed E-state index contributed by atoms with van der Waals surface area (Å²) >= 11 is 0. The zero-order valence-corrected chi connectivity index (χ0v) is 13.7. The highest BCUT2D eigenvalue weighted by Gasteiger charge is 2.27. The minimum atomic E-state index is 0.240. The van der Waals surface area contributed by atoms with Gasteiger partial charge in [0.2, 0.25) is 5.95 Å². The van der Waals surface area contributed by atoms with Crippen LogP contribution in [0.2, 0.25) is 0 Å². The fourth-order valence-corrected chi connectivity index (χ4v) is 2.52. The van der Waals surface area contributed by atoms with Crippen molar-refractivity contribution in [1.29, 1.82) is 0 Å². The fourth-order valence-electron chi connectivity index (χ4n) is 2.52. The lowest BCUT2D eigenvalue weighted by Crippen LogP contribution is -2.49. The molecule has 1 fully saturated rings. The van der Waals surface area contributed by atoms with Crippen molar-refractivity contribution >= 4 is 5.95 Å². The molecule has 1 N–H and O–H groups in total. The molecule has 5 nitrogen and oxygen atoms in total. The molecule has 1 aromatic rings. The van der Waals surface area contributed by atoms with Crippen molar-refractivity contribution in [2.24, 2.45) is 5.92 Å². The summed E-state index contributed by atoms with van der Waals surface area (Å²) in [7, 11) is 0. The summed E-state index contributed by atoms with van der Waals surface area (Å²) < 4.78 is 5.73. The molecular weight excluding hydrogens is 264 g/mol. The first-order valence-electron chi connectivity index (χ1n) is 8.00. The van der Waals surface area contributed by atoms with E-state index in [0.717, 1.165) is 44.2 Å². The Morgan fingerprint density at radius 1 is 1.38 bits per heavy atom. The first-order valence-corrected chi connectivity index (χ1v) is 8.00. The molecule has 0 aromatic carbocycles. The summed E-state index contributed by atoms with van der Waals surface area (Å²) in [6, 6.07) is 0.381. The molecular formula is C16H28N4O. The van der Waals surface area contributed by atoms with E-state index >= 15 is 0 Å². The number of ether oxygens (including phenoxy) is 1. The highest BCUT2D eigenvalue weighted by molar-refractivity contribution is 5.33. The van der Waals surface area contributed by atoms with Gasteiger partial charge in [-0.25, -0.2) is 9.97 Å². The molecule has 2 unspecified atom stereocenters. The van der Waals surface area contributed by atoms with Crippen molar-refractivity contribution in [3.8, 4) is 0 Å². The highest BCUT2D eigenvalue weighted by atomic mass is 16.5. The molecule has 1 saturated heterocycles. The van der Waals surface area contributed by atoms with Gasteiger partial charge in [0.25, 0.3) is 0 Å². The summed E-state index contributed by atoms with van der Waals surface area (Å²) in [6.45, 7) is 12.2. The van der Waals surface area contributed by atoms with Gasteiger partial charge in [0.05, 0.1) is 18.8 Å². The molecule has 1 aliphatic heterocycles. The minimum Gasteiger partial charge on any atom is -0.375 e. The van der Waals surface area contributed by atoms with Crippen LogP contribution in [0, 0.1) is 5.92 Å². The fraction of sp³-hybridized carbons (Fsp3) is 0.750. The maximum Gasteiger partial charge on any atom is 0.225 e. The number of morpholine rings is 1. The largest absolute Gasteiger partial charge is 0.375 e. The van der Waals surface area contributed by atoms with Gasteiger partial charge < -0.3 is 15.0 Å². The maximum absolute atomic E-state index is 5.73. The Morgan fingerprint density at radius 3 is 2.71 bits per heavy atom.